The summed E-state index contributed by atoms with van der Waals surface area (Å²) < 4.78 is 22.2. The van der Waals surface area contributed by atoms with Gasteiger partial charge in [-0.05, 0) is 48.4 Å². The van der Waals surface area contributed by atoms with Crippen molar-refractivity contribution in [2.75, 3.05) is 20.8 Å². The maximum Gasteiger partial charge on any atom is 0.296 e. The molecule has 2 aromatic carbocycles. The van der Waals surface area contributed by atoms with E-state index in [-0.39, 0.29) is 17.9 Å². The molecule has 1 aliphatic rings. The Morgan fingerprint density at radius 3 is 2.54 bits per heavy atom. The quantitative estimate of drug-likeness (QED) is 0.159. The smallest absolute Gasteiger partial charge is 0.296 e. The number of carbonyl (C=O) groups excluding carboxylic acids is 2. The first-order chi connectivity index (χ1) is 18.0. The van der Waals surface area contributed by atoms with Crippen molar-refractivity contribution in [3.8, 4) is 17.2 Å². The van der Waals surface area contributed by atoms with E-state index in [2.05, 4.69) is 6.92 Å². The highest BCUT2D eigenvalue weighted by atomic mass is 16.5. The topological polar surface area (TPSA) is 98.4 Å². The number of aliphatic hydroxyl groups excluding tert-OH is 1. The zero-order valence-electron chi connectivity index (χ0n) is 21.2. The minimum absolute atomic E-state index is 0.0246. The van der Waals surface area contributed by atoms with Crippen molar-refractivity contribution in [2.24, 2.45) is 0 Å². The molecule has 0 bridgehead atoms. The molecule has 1 fully saturated rings. The van der Waals surface area contributed by atoms with Crippen LogP contribution >= 0.6 is 0 Å². The van der Waals surface area contributed by atoms with Crippen LogP contribution in [0.4, 0.5) is 0 Å². The van der Waals surface area contributed by atoms with Crippen LogP contribution in [0, 0.1) is 0 Å². The number of carbonyl (C=O) groups is 2. The van der Waals surface area contributed by atoms with Gasteiger partial charge in [0, 0.05) is 5.56 Å². The van der Waals surface area contributed by atoms with E-state index in [0.29, 0.717) is 40.7 Å². The number of hydrogen-bond acceptors (Lipinski definition) is 7. The first-order valence-electron chi connectivity index (χ1n) is 12.2. The van der Waals surface area contributed by atoms with E-state index in [9.17, 15) is 14.7 Å². The summed E-state index contributed by atoms with van der Waals surface area (Å²) in [5.41, 5.74) is 0.930. The lowest BCUT2D eigenvalue weighted by Crippen LogP contribution is -2.29. The molecule has 1 N–H and O–H groups in total. The summed E-state index contributed by atoms with van der Waals surface area (Å²) in [6.45, 7) is 2.73. The van der Waals surface area contributed by atoms with E-state index >= 15 is 0 Å². The fourth-order valence-corrected chi connectivity index (χ4v) is 4.39. The van der Waals surface area contributed by atoms with E-state index < -0.39 is 17.7 Å². The van der Waals surface area contributed by atoms with E-state index in [1.807, 2.05) is 0 Å². The van der Waals surface area contributed by atoms with Crippen LogP contribution in [0.3, 0.4) is 0 Å². The van der Waals surface area contributed by atoms with Crippen LogP contribution < -0.4 is 14.2 Å². The molecule has 0 aliphatic carbocycles. The molecular formula is C29H31NO7. The molecule has 194 valence electrons. The molecule has 2 heterocycles. The van der Waals surface area contributed by atoms with Crippen molar-refractivity contribution >= 4 is 17.4 Å². The number of hydrogen-bond donors (Lipinski definition) is 1. The molecule has 1 unspecified atom stereocenters. The zero-order valence-corrected chi connectivity index (χ0v) is 21.2. The number of Topliss-reactive ketones (excluding diaryl/α,β-unsaturated/α-hetero) is 1. The molecule has 37 heavy (non-hydrogen) atoms. The van der Waals surface area contributed by atoms with Gasteiger partial charge in [-0.25, -0.2) is 0 Å². The molecule has 8 heteroatoms. The number of amides is 1. The molecule has 1 amide bonds. The van der Waals surface area contributed by atoms with Gasteiger partial charge in [0.2, 0.25) is 0 Å². The summed E-state index contributed by atoms with van der Waals surface area (Å²) in [6, 6.07) is 14.5. The van der Waals surface area contributed by atoms with Gasteiger partial charge in [0.1, 0.15) is 17.3 Å². The average Bonchev–Trinajstić information content (AvgIpc) is 3.53. The number of methoxy groups -OCH3 is 2. The van der Waals surface area contributed by atoms with Crippen molar-refractivity contribution in [3.63, 3.8) is 0 Å². The van der Waals surface area contributed by atoms with Crippen LogP contribution in [0.2, 0.25) is 0 Å². The minimum Gasteiger partial charge on any atom is -0.507 e. The van der Waals surface area contributed by atoms with Gasteiger partial charge < -0.3 is 28.6 Å². The van der Waals surface area contributed by atoms with Gasteiger partial charge in [-0.2, -0.15) is 0 Å². The Morgan fingerprint density at radius 2 is 1.84 bits per heavy atom. The largest absolute Gasteiger partial charge is 0.507 e. The lowest BCUT2D eigenvalue weighted by atomic mass is 9.95. The Kier molecular flexibility index (Phi) is 8.18. The Hall–Kier alpha value is -4.20. The highest BCUT2D eigenvalue weighted by Gasteiger charge is 2.46. The van der Waals surface area contributed by atoms with Crippen LogP contribution in [-0.2, 0) is 16.1 Å². The second kappa shape index (κ2) is 11.7. The minimum atomic E-state index is -0.876. The molecule has 1 aromatic heterocycles. The third-order valence-electron chi connectivity index (χ3n) is 6.30. The molecule has 8 nitrogen and oxygen atoms in total. The zero-order chi connectivity index (χ0) is 26.4. The van der Waals surface area contributed by atoms with Gasteiger partial charge >= 0.3 is 0 Å². The Labute approximate surface area is 216 Å². The van der Waals surface area contributed by atoms with Crippen molar-refractivity contribution in [2.45, 2.75) is 38.8 Å². The van der Waals surface area contributed by atoms with Crippen LogP contribution in [0.5, 0.6) is 17.2 Å². The maximum atomic E-state index is 13.3. The normalized spacial score (nSPS) is 16.7. The standard InChI is InChI=1S/C29H31NO7/c1-4-5-6-14-37-23-13-12-19(17-24(23)35-3)26-25(27(31)20-9-7-10-21(16-20)34-2)28(32)29(33)30(26)18-22-11-8-15-36-22/h7-13,15-17,26,31H,4-6,14,18H2,1-3H3/b27-25+. The van der Waals surface area contributed by atoms with Gasteiger partial charge in [-0.3, -0.25) is 9.59 Å². The van der Waals surface area contributed by atoms with Gasteiger partial charge in [0.15, 0.2) is 11.5 Å². The van der Waals surface area contributed by atoms with E-state index in [4.69, 9.17) is 18.6 Å². The Bertz CT molecular complexity index is 1280. The number of ether oxygens (including phenoxy) is 3. The number of rotatable bonds is 11. The van der Waals surface area contributed by atoms with Crippen molar-refractivity contribution in [1.29, 1.82) is 0 Å². The molecule has 1 saturated heterocycles. The van der Waals surface area contributed by atoms with Crippen molar-refractivity contribution in [1.82, 2.24) is 4.90 Å². The van der Waals surface area contributed by atoms with Gasteiger partial charge in [-0.1, -0.05) is 38.0 Å². The summed E-state index contributed by atoms with van der Waals surface area (Å²) in [6.07, 6.45) is 4.57. The maximum absolute atomic E-state index is 13.3. The first kappa shape index (κ1) is 25.9. The predicted molar refractivity (Wildman–Crippen MR) is 138 cm³/mol. The van der Waals surface area contributed by atoms with E-state index in [1.165, 1.54) is 25.4 Å². The highest BCUT2D eigenvalue weighted by Crippen LogP contribution is 2.43. The summed E-state index contributed by atoms with van der Waals surface area (Å²) in [7, 11) is 3.05. The molecular weight excluding hydrogens is 474 g/mol. The monoisotopic (exact) mass is 505 g/mol. The van der Waals surface area contributed by atoms with E-state index in [0.717, 1.165) is 19.3 Å². The van der Waals surface area contributed by atoms with Crippen LogP contribution in [0.25, 0.3) is 5.76 Å². The number of likely N-dealkylation sites (tertiary alicyclic amines) is 1. The highest BCUT2D eigenvalue weighted by molar-refractivity contribution is 6.46. The fourth-order valence-electron chi connectivity index (χ4n) is 4.39. The molecule has 1 aliphatic heterocycles. The van der Waals surface area contributed by atoms with Gasteiger partial charge in [0.05, 0.1) is 45.2 Å². The second-order valence-corrected chi connectivity index (χ2v) is 8.70. The Balaban J connectivity index is 1.79. The Morgan fingerprint density at radius 1 is 1.00 bits per heavy atom. The SMILES string of the molecule is CCCCCOc1ccc(C2/C(=C(\O)c3cccc(OC)c3)C(=O)C(=O)N2Cc2ccco2)cc1OC. The third-order valence-corrected chi connectivity index (χ3v) is 6.30. The number of furan rings is 1. The summed E-state index contributed by atoms with van der Waals surface area (Å²) in [4.78, 5) is 27.9. The summed E-state index contributed by atoms with van der Waals surface area (Å²) in [5.74, 6) is 0.258. The average molecular weight is 506 g/mol. The van der Waals surface area contributed by atoms with Gasteiger partial charge in [0.25, 0.3) is 11.7 Å². The first-order valence-corrected chi connectivity index (χ1v) is 12.2. The molecule has 0 radical (unpaired) electrons. The van der Waals surface area contributed by atoms with Crippen LogP contribution in [0.15, 0.2) is 70.9 Å². The number of nitrogens with zero attached hydrogens (tertiary/aromatic N) is 1. The van der Waals surface area contributed by atoms with Crippen LogP contribution in [-0.4, -0.2) is 42.5 Å². The van der Waals surface area contributed by atoms with Crippen molar-refractivity contribution in [3.05, 3.63) is 83.3 Å². The predicted octanol–water partition coefficient (Wildman–Crippen LogP) is 5.49. The van der Waals surface area contributed by atoms with Crippen LogP contribution in [0.1, 0.15) is 49.1 Å². The number of benzene rings is 2. The molecule has 0 spiro atoms. The molecule has 3 aromatic rings. The summed E-state index contributed by atoms with van der Waals surface area (Å²) in [5, 5.41) is 11.3. The lowest BCUT2D eigenvalue weighted by molar-refractivity contribution is -0.140. The second-order valence-electron chi connectivity index (χ2n) is 8.70. The summed E-state index contributed by atoms with van der Waals surface area (Å²) >= 11 is 0. The van der Waals surface area contributed by atoms with E-state index in [1.54, 1.807) is 54.6 Å². The molecule has 4 rings (SSSR count). The fraction of sp³-hybridized carbons (Fsp3) is 0.310. The number of aliphatic hydroxyl groups is 1. The molecule has 0 saturated carbocycles. The number of unbranched alkanes of at least 4 members (excludes halogenated alkanes) is 2. The number of ketones is 1. The van der Waals surface area contributed by atoms with Gasteiger partial charge in [-0.15, -0.1) is 0 Å². The lowest BCUT2D eigenvalue weighted by Gasteiger charge is -2.25. The third kappa shape index (κ3) is 5.48. The molecule has 1 atom stereocenters. The van der Waals surface area contributed by atoms with Crippen molar-refractivity contribution < 1.29 is 33.3 Å².